The summed E-state index contributed by atoms with van der Waals surface area (Å²) in [6.07, 6.45) is 3.07. The molecule has 0 aliphatic heterocycles. The van der Waals surface area contributed by atoms with Gasteiger partial charge in [-0.3, -0.25) is 9.55 Å². The average Bonchev–Trinajstić information content (AvgIpc) is 2.71. The van der Waals surface area contributed by atoms with Gasteiger partial charge in [0.05, 0.1) is 22.9 Å². The van der Waals surface area contributed by atoms with E-state index in [2.05, 4.69) is 9.97 Å². The van der Waals surface area contributed by atoms with E-state index < -0.39 is 17.5 Å². The average molecular weight is 281 g/mol. The molecule has 0 radical (unpaired) electrons. The van der Waals surface area contributed by atoms with Crippen molar-refractivity contribution in [2.75, 3.05) is 0 Å². The van der Waals surface area contributed by atoms with Crippen LogP contribution in [-0.4, -0.2) is 14.5 Å². The van der Waals surface area contributed by atoms with Gasteiger partial charge in [-0.2, -0.15) is 0 Å². The molecule has 2 aromatic heterocycles. The van der Waals surface area contributed by atoms with E-state index in [0.717, 1.165) is 12.1 Å². The highest BCUT2D eigenvalue weighted by Gasteiger charge is 2.14. The van der Waals surface area contributed by atoms with Crippen molar-refractivity contribution in [3.63, 3.8) is 0 Å². The number of nitrogens with one attached hydrogen (secondary N) is 1. The molecule has 0 spiro atoms. The number of benzene rings is 1. The predicted molar refractivity (Wildman–Crippen MR) is 66.1 cm³/mol. The van der Waals surface area contributed by atoms with Gasteiger partial charge in [0, 0.05) is 18.3 Å². The normalized spacial score (nSPS) is 11.1. The van der Waals surface area contributed by atoms with Crippen LogP contribution < -0.4 is 0 Å². The number of H-pyrrole nitrogens is 1. The van der Waals surface area contributed by atoms with Crippen LogP contribution in [-0.2, 0) is 0 Å². The van der Waals surface area contributed by atoms with Gasteiger partial charge in [-0.05, 0) is 18.3 Å². The van der Waals surface area contributed by atoms with E-state index in [1.807, 2.05) is 0 Å². The van der Waals surface area contributed by atoms with Crippen LogP contribution in [0, 0.1) is 22.2 Å². The third kappa shape index (κ3) is 1.82. The highest BCUT2D eigenvalue weighted by atomic mass is 32.1. The van der Waals surface area contributed by atoms with Crippen molar-refractivity contribution in [2.24, 2.45) is 0 Å². The van der Waals surface area contributed by atoms with Crippen LogP contribution >= 0.6 is 12.2 Å². The Morgan fingerprint density at radius 1 is 1.16 bits per heavy atom. The fraction of sp³-hybridized carbons (Fsp3) is 0. The lowest BCUT2D eigenvalue weighted by Gasteiger charge is -2.05. The molecule has 96 valence electrons. The second-order valence-corrected chi connectivity index (χ2v) is 4.27. The first kappa shape index (κ1) is 11.9. The summed E-state index contributed by atoms with van der Waals surface area (Å²) in [5, 5.41) is 0. The summed E-state index contributed by atoms with van der Waals surface area (Å²) >= 11 is 5.10. The number of pyridine rings is 1. The van der Waals surface area contributed by atoms with Gasteiger partial charge in [0.15, 0.2) is 22.2 Å². The second-order valence-electron chi connectivity index (χ2n) is 3.88. The molecule has 3 aromatic rings. The molecular weight excluding hydrogens is 275 g/mol. The van der Waals surface area contributed by atoms with Gasteiger partial charge in [0.25, 0.3) is 0 Å². The molecule has 0 unspecified atom stereocenters. The molecule has 0 aliphatic carbocycles. The summed E-state index contributed by atoms with van der Waals surface area (Å²) in [4.78, 5) is 6.77. The Bertz CT molecular complexity index is 815. The number of aromatic amines is 1. The number of aromatic nitrogens is 3. The van der Waals surface area contributed by atoms with Crippen LogP contribution in [0.2, 0.25) is 0 Å². The van der Waals surface area contributed by atoms with Gasteiger partial charge in [0.1, 0.15) is 0 Å². The highest BCUT2D eigenvalue weighted by molar-refractivity contribution is 7.71. The molecule has 0 bridgehead atoms. The molecule has 1 aromatic carbocycles. The monoisotopic (exact) mass is 281 g/mol. The maximum absolute atomic E-state index is 13.3. The Morgan fingerprint density at radius 2 is 1.84 bits per heavy atom. The summed E-state index contributed by atoms with van der Waals surface area (Å²) < 4.78 is 41.2. The Kier molecular flexibility index (Phi) is 2.63. The van der Waals surface area contributed by atoms with Crippen LogP contribution in [0.15, 0.2) is 30.6 Å². The van der Waals surface area contributed by atoms with E-state index in [9.17, 15) is 13.2 Å². The zero-order valence-electron chi connectivity index (χ0n) is 9.32. The molecule has 19 heavy (non-hydrogen) atoms. The summed E-state index contributed by atoms with van der Waals surface area (Å²) in [6, 6.07) is 3.42. The van der Waals surface area contributed by atoms with Crippen molar-refractivity contribution in [3.8, 4) is 5.69 Å². The van der Waals surface area contributed by atoms with Crippen molar-refractivity contribution >= 4 is 23.3 Å². The molecule has 0 aliphatic rings. The van der Waals surface area contributed by atoms with Crippen molar-refractivity contribution in [1.82, 2.24) is 14.5 Å². The first-order chi connectivity index (χ1) is 9.08. The number of rotatable bonds is 1. The predicted octanol–water partition coefficient (Wildman–Crippen LogP) is 3.50. The van der Waals surface area contributed by atoms with Gasteiger partial charge in [-0.25, -0.2) is 13.2 Å². The second kappa shape index (κ2) is 4.20. The Balaban J connectivity index is 2.36. The summed E-state index contributed by atoms with van der Waals surface area (Å²) in [6.45, 7) is 0. The molecular formula is C12H6F3N3S. The lowest BCUT2D eigenvalue weighted by molar-refractivity contribution is 0.446. The van der Waals surface area contributed by atoms with Crippen LogP contribution in [0.3, 0.4) is 0 Å². The van der Waals surface area contributed by atoms with E-state index in [-0.39, 0.29) is 10.5 Å². The zero-order chi connectivity index (χ0) is 13.6. The molecule has 7 heteroatoms. The van der Waals surface area contributed by atoms with E-state index in [1.54, 1.807) is 6.07 Å². The molecule has 0 fully saturated rings. The maximum atomic E-state index is 13.3. The fourth-order valence-electron chi connectivity index (χ4n) is 1.89. The fourth-order valence-corrected chi connectivity index (χ4v) is 2.20. The number of hydrogen-bond donors (Lipinski definition) is 1. The van der Waals surface area contributed by atoms with Crippen molar-refractivity contribution in [1.29, 1.82) is 0 Å². The van der Waals surface area contributed by atoms with Crippen LogP contribution in [0.25, 0.3) is 16.7 Å². The minimum absolute atomic E-state index is 0.110. The number of nitrogens with zero attached hydrogens (tertiary/aromatic N) is 2. The number of hydrogen-bond acceptors (Lipinski definition) is 2. The van der Waals surface area contributed by atoms with Gasteiger partial charge in [-0.1, -0.05) is 0 Å². The lowest BCUT2D eigenvalue weighted by Crippen LogP contribution is -1.99. The Morgan fingerprint density at radius 3 is 2.53 bits per heavy atom. The van der Waals surface area contributed by atoms with E-state index >= 15 is 0 Å². The third-order valence-electron chi connectivity index (χ3n) is 2.71. The summed E-state index contributed by atoms with van der Waals surface area (Å²) in [5.74, 6) is -4.03. The van der Waals surface area contributed by atoms with E-state index in [1.165, 1.54) is 17.0 Å². The van der Waals surface area contributed by atoms with Crippen molar-refractivity contribution in [3.05, 3.63) is 52.8 Å². The van der Waals surface area contributed by atoms with E-state index in [0.29, 0.717) is 11.0 Å². The molecule has 0 saturated carbocycles. The van der Waals surface area contributed by atoms with Crippen LogP contribution in [0.1, 0.15) is 0 Å². The van der Waals surface area contributed by atoms with Gasteiger partial charge >= 0.3 is 0 Å². The molecule has 0 saturated heterocycles. The topological polar surface area (TPSA) is 33.6 Å². The minimum Gasteiger partial charge on any atom is -0.329 e. The molecule has 2 heterocycles. The van der Waals surface area contributed by atoms with Crippen LogP contribution in [0.5, 0.6) is 0 Å². The van der Waals surface area contributed by atoms with Gasteiger partial charge in [-0.15, -0.1) is 0 Å². The SMILES string of the molecule is Fc1cc(-n2c(=S)[nH]c3cnccc32)cc(F)c1F. The number of halogens is 3. The number of imidazole rings is 1. The molecule has 0 atom stereocenters. The molecule has 3 rings (SSSR count). The zero-order valence-corrected chi connectivity index (χ0v) is 10.1. The first-order valence-corrected chi connectivity index (χ1v) is 5.68. The van der Waals surface area contributed by atoms with Gasteiger partial charge < -0.3 is 4.98 Å². The Hall–Kier alpha value is -2.15. The number of fused-ring (bicyclic) bond motifs is 1. The van der Waals surface area contributed by atoms with Crippen LogP contribution in [0.4, 0.5) is 13.2 Å². The Labute approximate surface area is 110 Å². The standard InChI is InChI=1S/C12H6F3N3S/c13-7-3-6(4-8(14)11(7)15)18-10-1-2-16-5-9(10)17-12(18)19/h1-5H,(H,17,19). The maximum Gasteiger partial charge on any atom is 0.194 e. The molecule has 3 nitrogen and oxygen atoms in total. The quantitative estimate of drug-likeness (QED) is 0.547. The van der Waals surface area contributed by atoms with Crippen molar-refractivity contribution < 1.29 is 13.2 Å². The minimum atomic E-state index is -1.50. The first-order valence-electron chi connectivity index (χ1n) is 5.27. The summed E-state index contributed by atoms with van der Waals surface area (Å²) in [5.41, 5.74) is 1.34. The smallest absolute Gasteiger partial charge is 0.194 e. The van der Waals surface area contributed by atoms with Gasteiger partial charge in [0.2, 0.25) is 0 Å². The van der Waals surface area contributed by atoms with Crippen molar-refractivity contribution in [2.45, 2.75) is 0 Å². The largest absolute Gasteiger partial charge is 0.329 e. The highest BCUT2D eigenvalue weighted by Crippen LogP contribution is 2.22. The molecule has 0 amide bonds. The third-order valence-corrected chi connectivity index (χ3v) is 3.00. The summed E-state index contributed by atoms with van der Waals surface area (Å²) in [7, 11) is 0. The van der Waals surface area contributed by atoms with E-state index in [4.69, 9.17) is 12.2 Å². The molecule has 1 N–H and O–H groups in total. The lowest BCUT2D eigenvalue weighted by atomic mass is 10.2.